The van der Waals surface area contributed by atoms with Crippen LogP contribution >= 0.6 is 0 Å². The van der Waals surface area contributed by atoms with Crippen LogP contribution < -0.4 is 0 Å². The summed E-state index contributed by atoms with van der Waals surface area (Å²) in [5, 5.41) is 15.0. The summed E-state index contributed by atoms with van der Waals surface area (Å²) in [5.41, 5.74) is 0.811. The Kier molecular flexibility index (Phi) is 1.71. The van der Waals surface area contributed by atoms with Gasteiger partial charge < -0.3 is 10.1 Å². The summed E-state index contributed by atoms with van der Waals surface area (Å²) in [6.45, 7) is 0. The minimum Gasteiger partial charge on any atom is -0.493 e. The summed E-state index contributed by atoms with van der Waals surface area (Å²) >= 11 is 0. The van der Waals surface area contributed by atoms with E-state index in [1.165, 1.54) is 0 Å². The van der Waals surface area contributed by atoms with Crippen molar-refractivity contribution in [2.24, 2.45) is 5.18 Å². The van der Waals surface area contributed by atoms with E-state index in [-0.39, 0.29) is 11.6 Å². The molecule has 0 bridgehead atoms. The second-order valence-electron chi connectivity index (χ2n) is 3.62. The van der Waals surface area contributed by atoms with Gasteiger partial charge >= 0.3 is 0 Å². The van der Waals surface area contributed by atoms with Crippen LogP contribution in [0, 0.1) is 4.91 Å². The Morgan fingerprint density at radius 3 is 2.69 bits per heavy atom. The molecular formula is C12H8N2O2. The normalized spacial score (nSPS) is 11.0. The van der Waals surface area contributed by atoms with Crippen molar-refractivity contribution in [2.75, 3.05) is 0 Å². The molecule has 0 saturated carbocycles. The monoisotopic (exact) mass is 212 g/mol. The Balaban J connectivity index is 2.57. The molecule has 4 nitrogen and oxygen atoms in total. The standard InChI is InChI=1S/C12H8N2O2/c15-12-11(14-16)9-6-5-7-3-1-2-4-8(7)10(9)13-12/h1-6,13,15H. The molecule has 2 N–H and O–H groups in total. The zero-order valence-electron chi connectivity index (χ0n) is 8.27. The van der Waals surface area contributed by atoms with Gasteiger partial charge in [0.25, 0.3) is 0 Å². The molecule has 3 rings (SSSR count). The van der Waals surface area contributed by atoms with Crippen molar-refractivity contribution in [3.63, 3.8) is 0 Å². The van der Waals surface area contributed by atoms with Crippen LogP contribution in [0.1, 0.15) is 0 Å². The number of nitrogens with zero attached hydrogens (tertiary/aromatic N) is 1. The number of hydrogen-bond acceptors (Lipinski definition) is 3. The van der Waals surface area contributed by atoms with Gasteiger partial charge in [0.1, 0.15) is 0 Å². The minimum atomic E-state index is -0.179. The van der Waals surface area contributed by atoms with Crippen molar-refractivity contribution in [1.82, 2.24) is 4.98 Å². The van der Waals surface area contributed by atoms with Crippen molar-refractivity contribution in [2.45, 2.75) is 0 Å². The molecule has 78 valence electrons. The van der Waals surface area contributed by atoms with Gasteiger partial charge in [-0.25, -0.2) is 0 Å². The van der Waals surface area contributed by atoms with Crippen LogP contribution in [0.4, 0.5) is 5.69 Å². The average Bonchev–Trinajstić information content (AvgIpc) is 2.65. The molecule has 0 amide bonds. The second-order valence-corrected chi connectivity index (χ2v) is 3.62. The first kappa shape index (κ1) is 8.91. The van der Waals surface area contributed by atoms with E-state index in [0.29, 0.717) is 5.39 Å². The third kappa shape index (κ3) is 1.04. The maximum absolute atomic E-state index is 10.6. The fraction of sp³-hybridized carbons (Fsp3) is 0. The van der Waals surface area contributed by atoms with Crippen LogP contribution in [0.2, 0.25) is 0 Å². The first-order chi connectivity index (χ1) is 7.81. The zero-order valence-corrected chi connectivity index (χ0v) is 8.27. The summed E-state index contributed by atoms with van der Waals surface area (Å²) in [5.74, 6) is -0.179. The highest BCUT2D eigenvalue weighted by Crippen LogP contribution is 2.38. The molecule has 0 aliphatic rings. The largest absolute Gasteiger partial charge is 0.493 e. The van der Waals surface area contributed by atoms with Gasteiger partial charge in [0.15, 0.2) is 5.69 Å². The molecule has 2 aromatic carbocycles. The van der Waals surface area contributed by atoms with Gasteiger partial charge in [-0.2, -0.15) is 0 Å². The predicted octanol–water partition coefficient (Wildman–Crippen LogP) is 3.42. The van der Waals surface area contributed by atoms with E-state index in [1.54, 1.807) is 6.07 Å². The molecule has 0 saturated heterocycles. The van der Waals surface area contributed by atoms with E-state index < -0.39 is 0 Å². The maximum atomic E-state index is 10.6. The van der Waals surface area contributed by atoms with E-state index in [9.17, 15) is 10.0 Å². The lowest BCUT2D eigenvalue weighted by Gasteiger charge is -1.98. The van der Waals surface area contributed by atoms with Crippen molar-refractivity contribution >= 4 is 27.4 Å². The van der Waals surface area contributed by atoms with E-state index >= 15 is 0 Å². The molecule has 16 heavy (non-hydrogen) atoms. The van der Waals surface area contributed by atoms with E-state index in [1.807, 2.05) is 30.3 Å². The number of H-pyrrole nitrogens is 1. The molecule has 0 spiro atoms. The summed E-state index contributed by atoms with van der Waals surface area (Å²) in [6, 6.07) is 11.4. The number of benzene rings is 2. The lowest BCUT2D eigenvalue weighted by Crippen LogP contribution is -1.74. The zero-order chi connectivity index (χ0) is 11.1. The summed E-state index contributed by atoms with van der Waals surface area (Å²) in [6.07, 6.45) is 0. The molecule has 0 aliphatic heterocycles. The average molecular weight is 212 g/mol. The van der Waals surface area contributed by atoms with Crippen LogP contribution in [-0.2, 0) is 0 Å². The SMILES string of the molecule is O=Nc1c(O)[nH]c2c1ccc1ccccc12. The number of aromatic amines is 1. The molecule has 0 atom stereocenters. The van der Waals surface area contributed by atoms with E-state index in [0.717, 1.165) is 16.3 Å². The van der Waals surface area contributed by atoms with Gasteiger partial charge in [-0.1, -0.05) is 30.3 Å². The first-order valence-electron chi connectivity index (χ1n) is 4.87. The van der Waals surface area contributed by atoms with Crippen molar-refractivity contribution < 1.29 is 5.11 Å². The summed E-state index contributed by atoms with van der Waals surface area (Å²) in [4.78, 5) is 13.4. The van der Waals surface area contributed by atoms with Gasteiger partial charge in [0.2, 0.25) is 5.88 Å². The number of aromatic nitrogens is 1. The summed E-state index contributed by atoms with van der Waals surface area (Å²) in [7, 11) is 0. The molecule has 1 aromatic heterocycles. The Bertz CT molecular complexity index is 701. The van der Waals surface area contributed by atoms with Gasteiger partial charge in [-0.05, 0) is 16.6 Å². The van der Waals surface area contributed by atoms with Crippen LogP contribution in [-0.4, -0.2) is 10.1 Å². The fourth-order valence-corrected chi connectivity index (χ4v) is 2.00. The Morgan fingerprint density at radius 1 is 1.06 bits per heavy atom. The number of fused-ring (bicyclic) bond motifs is 3. The van der Waals surface area contributed by atoms with Crippen LogP contribution in [0.5, 0.6) is 5.88 Å². The number of rotatable bonds is 1. The highest BCUT2D eigenvalue weighted by Gasteiger charge is 2.12. The Hall–Kier alpha value is -2.36. The lowest BCUT2D eigenvalue weighted by molar-refractivity contribution is 0.460. The molecule has 0 aliphatic carbocycles. The molecule has 1 heterocycles. The summed E-state index contributed by atoms with van der Waals surface area (Å²) < 4.78 is 0. The lowest BCUT2D eigenvalue weighted by atomic mass is 10.1. The maximum Gasteiger partial charge on any atom is 0.219 e. The van der Waals surface area contributed by atoms with Crippen LogP contribution in [0.3, 0.4) is 0 Å². The molecule has 3 aromatic rings. The molecule has 4 heteroatoms. The third-order valence-corrected chi connectivity index (χ3v) is 2.74. The van der Waals surface area contributed by atoms with Crippen LogP contribution in [0.25, 0.3) is 21.7 Å². The first-order valence-corrected chi connectivity index (χ1v) is 4.87. The number of aromatic hydroxyl groups is 1. The number of hydrogen-bond donors (Lipinski definition) is 2. The van der Waals surface area contributed by atoms with Gasteiger partial charge in [0.05, 0.1) is 5.52 Å². The fourth-order valence-electron chi connectivity index (χ4n) is 2.00. The molecule has 0 unspecified atom stereocenters. The quantitative estimate of drug-likeness (QED) is 0.607. The topological polar surface area (TPSA) is 65.4 Å². The van der Waals surface area contributed by atoms with Gasteiger partial charge in [-0.15, -0.1) is 4.91 Å². The molecular weight excluding hydrogens is 204 g/mol. The number of nitroso groups, excluding NO2 is 1. The van der Waals surface area contributed by atoms with Crippen molar-refractivity contribution in [1.29, 1.82) is 0 Å². The van der Waals surface area contributed by atoms with E-state index in [4.69, 9.17) is 0 Å². The van der Waals surface area contributed by atoms with Crippen molar-refractivity contribution in [3.8, 4) is 5.88 Å². The Morgan fingerprint density at radius 2 is 1.88 bits per heavy atom. The second kappa shape index (κ2) is 3.06. The number of nitrogens with one attached hydrogen (secondary N) is 1. The highest BCUT2D eigenvalue weighted by molar-refractivity contribution is 6.10. The van der Waals surface area contributed by atoms with Crippen molar-refractivity contribution in [3.05, 3.63) is 41.3 Å². The third-order valence-electron chi connectivity index (χ3n) is 2.74. The van der Waals surface area contributed by atoms with Gasteiger partial charge in [0, 0.05) is 10.8 Å². The van der Waals surface area contributed by atoms with Crippen LogP contribution in [0.15, 0.2) is 41.6 Å². The van der Waals surface area contributed by atoms with Gasteiger partial charge in [-0.3, -0.25) is 0 Å². The smallest absolute Gasteiger partial charge is 0.219 e. The van der Waals surface area contributed by atoms with E-state index in [2.05, 4.69) is 10.2 Å². The molecule has 0 fully saturated rings. The minimum absolute atomic E-state index is 0.0701. The predicted molar refractivity (Wildman–Crippen MR) is 62.9 cm³/mol. The molecule has 0 radical (unpaired) electrons. The highest BCUT2D eigenvalue weighted by atomic mass is 16.3. The Labute approximate surface area is 90.5 Å².